The van der Waals surface area contributed by atoms with Gasteiger partial charge in [0.2, 0.25) is 5.82 Å². The van der Waals surface area contributed by atoms with Crippen molar-refractivity contribution in [3.8, 4) is 0 Å². The van der Waals surface area contributed by atoms with E-state index in [1.54, 1.807) is 14.0 Å². The molecule has 19 heavy (non-hydrogen) atoms. The molecule has 0 aliphatic heterocycles. The molecule has 1 atom stereocenters. The fourth-order valence-electron chi connectivity index (χ4n) is 1.47. The molecule has 0 aliphatic rings. The van der Waals surface area contributed by atoms with Crippen molar-refractivity contribution < 1.29 is 19.9 Å². The number of rotatable bonds is 6. The molecule has 0 spiro atoms. The van der Waals surface area contributed by atoms with Crippen LogP contribution in [0.1, 0.15) is 23.8 Å². The summed E-state index contributed by atoms with van der Waals surface area (Å²) in [5, 5.41) is 28.9. The summed E-state index contributed by atoms with van der Waals surface area (Å²) in [6, 6.07) is 2.21. The molecular weight excluding hydrogens is 254 g/mol. The maximum absolute atomic E-state index is 10.9. The molecule has 8 heteroatoms. The Morgan fingerprint density at radius 3 is 2.68 bits per heavy atom. The second-order valence-corrected chi connectivity index (χ2v) is 4.16. The number of anilines is 1. The molecule has 104 valence electrons. The Hall–Kier alpha value is -2.22. The normalized spacial score (nSPS) is 11.9. The van der Waals surface area contributed by atoms with Crippen LogP contribution in [0.15, 0.2) is 12.1 Å². The third-order valence-electron chi connectivity index (χ3n) is 2.51. The van der Waals surface area contributed by atoms with E-state index in [-0.39, 0.29) is 17.2 Å². The van der Waals surface area contributed by atoms with Crippen LogP contribution in [0.3, 0.4) is 0 Å². The van der Waals surface area contributed by atoms with E-state index in [4.69, 9.17) is 5.11 Å². The Morgan fingerprint density at radius 2 is 2.21 bits per heavy atom. The number of aromatic nitrogens is 1. The Morgan fingerprint density at radius 1 is 1.58 bits per heavy atom. The van der Waals surface area contributed by atoms with Gasteiger partial charge in [-0.2, -0.15) is 0 Å². The minimum atomic E-state index is -1.25. The monoisotopic (exact) mass is 269 g/mol. The van der Waals surface area contributed by atoms with Gasteiger partial charge in [0.25, 0.3) is 0 Å². The van der Waals surface area contributed by atoms with E-state index in [0.717, 1.165) is 12.1 Å². The van der Waals surface area contributed by atoms with Gasteiger partial charge in [-0.3, -0.25) is 10.1 Å². The molecular formula is C11H15N3O5. The molecule has 1 unspecified atom stereocenters. The Bertz CT molecular complexity index is 489. The molecule has 0 radical (unpaired) electrons. The number of hydrogen-bond donors (Lipinski definition) is 2. The van der Waals surface area contributed by atoms with Gasteiger partial charge in [0, 0.05) is 19.7 Å². The average molecular weight is 269 g/mol. The summed E-state index contributed by atoms with van der Waals surface area (Å²) in [5.74, 6) is -1.27. The van der Waals surface area contributed by atoms with Gasteiger partial charge >= 0.3 is 11.7 Å². The molecule has 1 aromatic heterocycles. The minimum absolute atomic E-state index is 0.0226. The summed E-state index contributed by atoms with van der Waals surface area (Å²) in [7, 11) is 1.56. The number of aliphatic hydroxyl groups excluding tert-OH is 1. The molecule has 1 heterocycles. The minimum Gasteiger partial charge on any atom is -0.477 e. The van der Waals surface area contributed by atoms with Gasteiger partial charge in [-0.05, 0) is 19.4 Å². The summed E-state index contributed by atoms with van der Waals surface area (Å²) in [4.78, 5) is 26.3. The van der Waals surface area contributed by atoms with E-state index in [2.05, 4.69) is 4.98 Å². The first kappa shape index (κ1) is 14.8. The molecule has 0 amide bonds. The molecule has 1 rings (SSSR count). The lowest BCUT2D eigenvalue weighted by Gasteiger charge is -2.18. The highest BCUT2D eigenvalue weighted by Crippen LogP contribution is 2.25. The topological polar surface area (TPSA) is 117 Å². The molecule has 8 nitrogen and oxygen atoms in total. The van der Waals surface area contributed by atoms with E-state index in [0.29, 0.717) is 13.0 Å². The lowest BCUT2D eigenvalue weighted by molar-refractivity contribution is -0.384. The maximum Gasteiger partial charge on any atom is 0.354 e. The van der Waals surface area contributed by atoms with E-state index in [9.17, 15) is 20.0 Å². The number of nitrogens with zero attached hydrogens (tertiary/aromatic N) is 3. The van der Waals surface area contributed by atoms with Crippen LogP contribution in [-0.4, -0.2) is 45.8 Å². The Labute approximate surface area is 109 Å². The summed E-state index contributed by atoms with van der Waals surface area (Å²) >= 11 is 0. The summed E-state index contributed by atoms with van der Waals surface area (Å²) < 4.78 is 0. The van der Waals surface area contributed by atoms with Gasteiger partial charge in [-0.1, -0.05) is 0 Å². The van der Waals surface area contributed by atoms with Crippen molar-refractivity contribution in [2.75, 3.05) is 18.5 Å². The average Bonchev–Trinajstić information content (AvgIpc) is 2.34. The fraction of sp³-hybridized carbons (Fsp3) is 0.455. The number of carbonyl (C=O) groups is 1. The quantitative estimate of drug-likeness (QED) is 0.581. The van der Waals surface area contributed by atoms with Gasteiger partial charge in [0.05, 0.1) is 11.0 Å². The Kier molecular flexibility index (Phi) is 4.76. The smallest absolute Gasteiger partial charge is 0.354 e. The van der Waals surface area contributed by atoms with Crippen molar-refractivity contribution in [2.24, 2.45) is 0 Å². The van der Waals surface area contributed by atoms with E-state index in [1.807, 2.05) is 0 Å². The number of carboxylic acids is 1. The maximum atomic E-state index is 10.9. The number of pyridine rings is 1. The standard InChI is InChI=1S/C11H15N3O5/c1-7(15)5-6-13(2)10-9(14(18)19)4-3-8(12-10)11(16)17/h3-4,7,15H,5-6H2,1-2H3,(H,16,17). The number of aliphatic hydroxyl groups is 1. The first-order valence-electron chi connectivity index (χ1n) is 5.61. The van der Waals surface area contributed by atoms with Crippen LogP contribution in [0, 0.1) is 10.1 Å². The van der Waals surface area contributed by atoms with Gasteiger partial charge in [0.15, 0.2) is 5.69 Å². The lowest BCUT2D eigenvalue weighted by atomic mass is 10.2. The van der Waals surface area contributed by atoms with Crippen molar-refractivity contribution >= 4 is 17.5 Å². The van der Waals surface area contributed by atoms with Crippen LogP contribution in [0.4, 0.5) is 11.5 Å². The van der Waals surface area contributed by atoms with Crippen LogP contribution in [0.2, 0.25) is 0 Å². The zero-order valence-corrected chi connectivity index (χ0v) is 10.6. The molecule has 0 saturated heterocycles. The van der Waals surface area contributed by atoms with Gasteiger partial charge in [-0.15, -0.1) is 0 Å². The van der Waals surface area contributed by atoms with Gasteiger partial charge in [0.1, 0.15) is 0 Å². The zero-order chi connectivity index (χ0) is 14.6. The number of carboxylic acid groups (broad SMARTS) is 1. The summed E-state index contributed by atoms with van der Waals surface area (Å²) in [6.07, 6.45) is -0.156. The van der Waals surface area contributed by atoms with Crippen LogP contribution in [0.5, 0.6) is 0 Å². The van der Waals surface area contributed by atoms with Gasteiger partial charge in [-0.25, -0.2) is 9.78 Å². The first-order chi connectivity index (χ1) is 8.82. The van der Waals surface area contributed by atoms with Crippen molar-refractivity contribution in [1.29, 1.82) is 0 Å². The number of aromatic carboxylic acids is 1. The van der Waals surface area contributed by atoms with Crippen molar-refractivity contribution in [3.63, 3.8) is 0 Å². The third kappa shape index (κ3) is 3.88. The highest BCUT2D eigenvalue weighted by atomic mass is 16.6. The first-order valence-corrected chi connectivity index (χ1v) is 5.61. The molecule has 1 aromatic rings. The summed E-state index contributed by atoms with van der Waals surface area (Å²) in [6.45, 7) is 1.93. The van der Waals surface area contributed by atoms with Crippen molar-refractivity contribution in [3.05, 3.63) is 27.9 Å². The lowest BCUT2D eigenvalue weighted by Crippen LogP contribution is -2.24. The molecule has 2 N–H and O–H groups in total. The van der Waals surface area contributed by atoms with E-state index in [1.165, 1.54) is 4.90 Å². The van der Waals surface area contributed by atoms with Crippen molar-refractivity contribution in [2.45, 2.75) is 19.4 Å². The molecule has 0 saturated carbocycles. The van der Waals surface area contributed by atoms with Crippen LogP contribution in [-0.2, 0) is 0 Å². The fourth-order valence-corrected chi connectivity index (χ4v) is 1.47. The molecule has 0 bridgehead atoms. The van der Waals surface area contributed by atoms with E-state index < -0.39 is 17.0 Å². The molecule has 0 aliphatic carbocycles. The van der Waals surface area contributed by atoms with E-state index >= 15 is 0 Å². The second kappa shape index (κ2) is 6.10. The molecule has 0 fully saturated rings. The predicted octanol–water partition coefficient (Wildman–Crippen LogP) is 0.895. The highest BCUT2D eigenvalue weighted by Gasteiger charge is 2.21. The van der Waals surface area contributed by atoms with Crippen LogP contribution < -0.4 is 4.90 Å². The molecule has 0 aromatic carbocycles. The van der Waals surface area contributed by atoms with Gasteiger partial charge < -0.3 is 15.1 Å². The third-order valence-corrected chi connectivity index (χ3v) is 2.51. The number of hydrogen-bond acceptors (Lipinski definition) is 6. The second-order valence-electron chi connectivity index (χ2n) is 4.16. The van der Waals surface area contributed by atoms with Crippen LogP contribution in [0.25, 0.3) is 0 Å². The number of nitro groups is 1. The summed E-state index contributed by atoms with van der Waals surface area (Å²) in [5.41, 5.74) is -0.525. The SMILES string of the molecule is CC(O)CCN(C)c1nc(C(=O)O)ccc1[N+](=O)[O-]. The van der Waals surface area contributed by atoms with Crippen LogP contribution >= 0.6 is 0 Å². The largest absolute Gasteiger partial charge is 0.477 e. The predicted molar refractivity (Wildman–Crippen MR) is 67.4 cm³/mol. The zero-order valence-electron chi connectivity index (χ0n) is 10.6. The highest BCUT2D eigenvalue weighted by molar-refractivity contribution is 5.86. The Balaban J connectivity index is 3.09. The van der Waals surface area contributed by atoms with Crippen molar-refractivity contribution in [1.82, 2.24) is 4.98 Å².